The summed E-state index contributed by atoms with van der Waals surface area (Å²) in [4.78, 5) is 26.5. The van der Waals surface area contributed by atoms with Crippen LogP contribution in [0.3, 0.4) is 0 Å². The third-order valence-electron chi connectivity index (χ3n) is 4.16. The van der Waals surface area contributed by atoms with Gasteiger partial charge in [0.05, 0.1) is 11.3 Å². The van der Waals surface area contributed by atoms with Gasteiger partial charge in [-0.05, 0) is 56.3 Å². The van der Waals surface area contributed by atoms with Crippen molar-refractivity contribution in [1.29, 1.82) is 0 Å². The van der Waals surface area contributed by atoms with Crippen molar-refractivity contribution < 1.29 is 14.3 Å². The van der Waals surface area contributed by atoms with Gasteiger partial charge in [0.2, 0.25) is 0 Å². The van der Waals surface area contributed by atoms with Crippen LogP contribution in [0.4, 0.5) is 5.69 Å². The molecule has 4 nitrogen and oxygen atoms in total. The minimum absolute atomic E-state index is 0.0147. The maximum atomic E-state index is 12.8. The molecule has 0 aliphatic carbocycles. The summed E-state index contributed by atoms with van der Waals surface area (Å²) in [6, 6.07) is 9.83. The summed E-state index contributed by atoms with van der Waals surface area (Å²) in [5.74, 6) is -0.247. The Morgan fingerprint density at radius 2 is 2.04 bits per heavy atom. The Morgan fingerprint density at radius 1 is 1.28 bits per heavy atom. The van der Waals surface area contributed by atoms with E-state index in [1.165, 1.54) is 0 Å². The molecule has 4 heteroatoms. The minimum atomic E-state index is -0.483. The third-order valence-corrected chi connectivity index (χ3v) is 4.16. The number of ether oxygens (including phenoxy) is 1. The number of benzene rings is 2. The number of carbonyl (C=O) groups excluding carboxylic acids is 2. The molecule has 0 saturated carbocycles. The molecule has 0 atom stereocenters. The van der Waals surface area contributed by atoms with E-state index in [2.05, 4.69) is 6.58 Å². The average Bonchev–Trinajstić information content (AvgIpc) is 2.80. The minimum Gasteiger partial charge on any atom is -0.460 e. The number of carbonyl (C=O) groups is 2. The molecule has 3 rings (SSSR count). The van der Waals surface area contributed by atoms with Gasteiger partial charge in [-0.2, -0.15) is 0 Å². The fourth-order valence-corrected chi connectivity index (χ4v) is 3.19. The maximum Gasteiger partial charge on any atom is 0.306 e. The molecule has 1 amide bonds. The second-order valence-corrected chi connectivity index (χ2v) is 7.29. The van der Waals surface area contributed by atoms with Gasteiger partial charge in [0.1, 0.15) is 5.60 Å². The fourth-order valence-electron chi connectivity index (χ4n) is 3.19. The van der Waals surface area contributed by atoms with Gasteiger partial charge >= 0.3 is 5.97 Å². The molecular weight excluding hydrogens is 314 g/mol. The number of nitrogens with zero attached hydrogens (tertiary/aromatic N) is 1. The Morgan fingerprint density at radius 3 is 2.72 bits per heavy atom. The van der Waals surface area contributed by atoms with Crippen molar-refractivity contribution in [3.05, 3.63) is 48.0 Å². The standard InChI is InChI=1S/C21H23NO3/c1-5-14-12-15-8-6-9-17-19(15)16(13-14)20(24)22(17)11-7-10-18(23)25-21(2,3)4/h5-6,8-9,12-13H,1,7,10-11H2,2-4H3. The van der Waals surface area contributed by atoms with Crippen molar-refractivity contribution in [1.82, 2.24) is 0 Å². The molecule has 0 bridgehead atoms. The van der Waals surface area contributed by atoms with Crippen molar-refractivity contribution in [3.8, 4) is 0 Å². The van der Waals surface area contributed by atoms with Crippen LogP contribution in [0.25, 0.3) is 16.8 Å². The van der Waals surface area contributed by atoms with E-state index in [0.29, 0.717) is 24.9 Å². The van der Waals surface area contributed by atoms with Gasteiger partial charge in [-0.1, -0.05) is 24.8 Å². The van der Waals surface area contributed by atoms with E-state index in [4.69, 9.17) is 4.74 Å². The van der Waals surface area contributed by atoms with Crippen LogP contribution < -0.4 is 4.90 Å². The lowest BCUT2D eigenvalue weighted by atomic mass is 10.0. The smallest absolute Gasteiger partial charge is 0.306 e. The zero-order valence-corrected chi connectivity index (χ0v) is 15.0. The van der Waals surface area contributed by atoms with Gasteiger partial charge < -0.3 is 9.64 Å². The van der Waals surface area contributed by atoms with Crippen LogP contribution in [0.1, 0.15) is 49.5 Å². The fraction of sp³-hybridized carbons (Fsp3) is 0.333. The molecule has 1 aliphatic heterocycles. The van der Waals surface area contributed by atoms with Crippen molar-refractivity contribution in [2.75, 3.05) is 11.4 Å². The third kappa shape index (κ3) is 3.43. The Kier molecular flexibility index (Phi) is 4.38. The SMILES string of the molecule is C=Cc1cc2c3c(cccc3c1)N(CCCC(=O)OC(C)(C)C)C2=O. The Balaban J connectivity index is 1.77. The molecule has 2 aromatic rings. The first kappa shape index (κ1) is 17.2. The molecule has 0 spiro atoms. The van der Waals surface area contributed by atoms with E-state index in [-0.39, 0.29) is 11.9 Å². The molecular formula is C21H23NO3. The number of hydrogen-bond acceptors (Lipinski definition) is 3. The second-order valence-electron chi connectivity index (χ2n) is 7.29. The highest BCUT2D eigenvalue weighted by Crippen LogP contribution is 2.38. The summed E-state index contributed by atoms with van der Waals surface area (Å²) >= 11 is 0. The van der Waals surface area contributed by atoms with E-state index in [1.54, 1.807) is 11.0 Å². The first-order valence-corrected chi connectivity index (χ1v) is 8.53. The van der Waals surface area contributed by atoms with E-state index in [9.17, 15) is 9.59 Å². The van der Waals surface area contributed by atoms with Gasteiger partial charge in [-0.25, -0.2) is 0 Å². The predicted molar refractivity (Wildman–Crippen MR) is 101 cm³/mol. The first-order chi connectivity index (χ1) is 11.8. The quantitative estimate of drug-likeness (QED) is 0.751. The molecule has 0 radical (unpaired) electrons. The lowest BCUT2D eigenvalue weighted by Crippen LogP contribution is -2.29. The summed E-state index contributed by atoms with van der Waals surface area (Å²) in [5.41, 5.74) is 2.07. The average molecular weight is 337 g/mol. The van der Waals surface area contributed by atoms with Gasteiger partial charge in [-0.3, -0.25) is 9.59 Å². The van der Waals surface area contributed by atoms with Crippen LogP contribution in [0.2, 0.25) is 0 Å². The van der Waals surface area contributed by atoms with E-state index in [1.807, 2.05) is 51.1 Å². The predicted octanol–water partition coefficient (Wildman–Crippen LogP) is 4.56. The topological polar surface area (TPSA) is 46.6 Å². The van der Waals surface area contributed by atoms with Crippen molar-refractivity contribution in [2.45, 2.75) is 39.2 Å². The van der Waals surface area contributed by atoms with Crippen LogP contribution in [-0.4, -0.2) is 24.0 Å². The molecule has 25 heavy (non-hydrogen) atoms. The van der Waals surface area contributed by atoms with Crippen LogP contribution in [0, 0.1) is 0 Å². The van der Waals surface area contributed by atoms with Crippen molar-refractivity contribution in [2.24, 2.45) is 0 Å². The monoisotopic (exact) mass is 337 g/mol. The molecule has 130 valence electrons. The molecule has 0 saturated heterocycles. The normalized spacial score (nSPS) is 13.4. The highest BCUT2D eigenvalue weighted by Gasteiger charge is 2.29. The van der Waals surface area contributed by atoms with E-state index in [0.717, 1.165) is 22.0 Å². The van der Waals surface area contributed by atoms with Crippen LogP contribution in [0.15, 0.2) is 36.9 Å². The van der Waals surface area contributed by atoms with Gasteiger partial charge in [0, 0.05) is 18.4 Å². The number of amides is 1. The molecule has 0 fully saturated rings. The summed E-state index contributed by atoms with van der Waals surface area (Å²) in [6.07, 6.45) is 2.62. The summed E-state index contributed by atoms with van der Waals surface area (Å²) < 4.78 is 5.33. The zero-order chi connectivity index (χ0) is 18.2. The largest absolute Gasteiger partial charge is 0.460 e. The van der Waals surface area contributed by atoms with Gasteiger partial charge in [0.25, 0.3) is 5.91 Å². The van der Waals surface area contributed by atoms with E-state index < -0.39 is 5.60 Å². The highest BCUT2D eigenvalue weighted by molar-refractivity contribution is 6.25. The molecule has 0 aromatic heterocycles. The van der Waals surface area contributed by atoms with Gasteiger partial charge in [-0.15, -0.1) is 0 Å². The Hall–Kier alpha value is -2.62. The van der Waals surface area contributed by atoms with Crippen molar-refractivity contribution >= 4 is 34.4 Å². The van der Waals surface area contributed by atoms with E-state index >= 15 is 0 Å². The summed E-state index contributed by atoms with van der Waals surface area (Å²) in [7, 11) is 0. The summed E-state index contributed by atoms with van der Waals surface area (Å²) in [6.45, 7) is 9.84. The number of rotatable bonds is 5. The van der Waals surface area contributed by atoms with Crippen LogP contribution in [0.5, 0.6) is 0 Å². The van der Waals surface area contributed by atoms with Crippen LogP contribution in [-0.2, 0) is 9.53 Å². The zero-order valence-electron chi connectivity index (χ0n) is 15.0. The lowest BCUT2D eigenvalue weighted by Gasteiger charge is -2.20. The number of anilines is 1. The Labute approximate surface area is 148 Å². The van der Waals surface area contributed by atoms with Crippen molar-refractivity contribution in [3.63, 3.8) is 0 Å². The molecule has 2 aromatic carbocycles. The van der Waals surface area contributed by atoms with Gasteiger partial charge in [0.15, 0.2) is 0 Å². The molecule has 1 heterocycles. The van der Waals surface area contributed by atoms with Crippen LogP contribution >= 0.6 is 0 Å². The molecule has 1 aliphatic rings. The molecule has 0 N–H and O–H groups in total. The first-order valence-electron chi connectivity index (χ1n) is 8.53. The number of esters is 1. The maximum absolute atomic E-state index is 12.8. The molecule has 0 unspecified atom stereocenters. The second kappa shape index (κ2) is 6.36. The Bertz CT molecular complexity index is 861. The highest BCUT2D eigenvalue weighted by atomic mass is 16.6. The number of hydrogen-bond donors (Lipinski definition) is 0. The summed E-state index contributed by atoms with van der Waals surface area (Å²) in [5, 5.41) is 2.02. The lowest BCUT2D eigenvalue weighted by molar-refractivity contribution is -0.154.